The van der Waals surface area contributed by atoms with E-state index in [-0.39, 0.29) is 6.10 Å². The molecule has 0 amide bonds. The summed E-state index contributed by atoms with van der Waals surface area (Å²) < 4.78 is 7.71. The summed E-state index contributed by atoms with van der Waals surface area (Å²) in [4.78, 5) is 6.75. The Morgan fingerprint density at radius 3 is 2.78 bits per heavy atom. The molecule has 122 valence electrons. The van der Waals surface area contributed by atoms with Crippen LogP contribution in [0.3, 0.4) is 0 Å². The maximum atomic E-state index is 5.76. The average molecular weight is 312 g/mol. The van der Waals surface area contributed by atoms with Crippen LogP contribution in [0.5, 0.6) is 0 Å². The molecule has 1 saturated heterocycles. The summed E-state index contributed by atoms with van der Waals surface area (Å²) in [5.41, 5.74) is 3.20. The zero-order valence-electron chi connectivity index (χ0n) is 14.3. The van der Waals surface area contributed by atoms with Crippen molar-refractivity contribution >= 4 is 11.9 Å². The van der Waals surface area contributed by atoms with Gasteiger partial charge >= 0.3 is 0 Å². The molecule has 5 heteroatoms. The van der Waals surface area contributed by atoms with Gasteiger partial charge in [-0.15, -0.1) is 0 Å². The van der Waals surface area contributed by atoms with Gasteiger partial charge in [-0.25, -0.2) is 9.67 Å². The standard InChI is InChI=1S/C18H24N4O/c1-13(2)23-15(4)10-17-14(3)12-20-22(17)16-6-7-19-18(11-16)21-8-5-9-21/h6-7,10-13H,5,8-9H2,1-4H3/b15-10+. The van der Waals surface area contributed by atoms with E-state index < -0.39 is 0 Å². The predicted octanol–water partition coefficient (Wildman–Crippen LogP) is 3.57. The second kappa shape index (κ2) is 6.44. The summed E-state index contributed by atoms with van der Waals surface area (Å²) in [6, 6.07) is 4.09. The lowest BCUT2D eigenvalue weighted by atomic mass is 10.2. The highest BCUT2D eigenvalue weighted by molar-refractivity contribution is 5.56. The largest absolute Gasteiger partial charge is 0.496 e. The summed E-state index contributed by atoms with van der Waals surface area (Å²) in [6.45, 7) is 10.3. The normalized spacial score (nSPS) is 15.0. The van der Waals surface area contributed by atoms with E-state index in [1.54, 1.807) is 0 Å². The topological polar surface area (TPSA) is 43.2 Å². The summed E-state index contributed by atoms with van der Waals surface area (Å²) in [6.07, 6.45) is 7.20. The lowest BCUT2D eigenvalue weighted by Crippen LogP contribution is -2.37. The van der Waals surface area contributed by atoms with Gasteiger partial charge in [0.25, 0.3) is 0 Å². The quantitative estimate of drug-likeness (QED) is 0.792. The molecule has 0 N–H and O–H groups in total. The number of nitrogens with zero attached hydrogens (tertiary/aromatic N) is 4. The van der Waals surface area contributed by atoms with Gasteiger partial charge in [-0.2, -0.15) is 5.10 Å². The highest BCUT2D eigenvalue weighted by Gasteiger charge is 2.17. The van der Waals surface area contributed by atoms with Crippen LogP contribution in [-0.4, -0.2) is 34.0 Å². The van der Waals surface area contributed by atoms with Crippen molar-refractivity contribution in [1.29, 1.82) is 0 Å². The number of rotatable bonds is 5. The van der Waals surface area contributed by atoms with Gasteiger partial charge in [0.05, 0.1) is 29.4 Å². The first kappa shape index (κ1) is 15.6. The Morgan fingerprint density at radius 2 is 2.13 bits per heavy atom. The van der Waals surface area contributed by atoms with Gasteiger partial charge < -0.3 is 9.64 Å². The molecule has 2 aromatic rings. The summed E-state index contributed by atoms with van der Waals surface area (Å²) in [7, 11) is 0. The van der Waals surface area contributed by atoms with E-state index in [9.17, 15) is 0 Å². The van der Waals surface area contributed by atoms with E-state index >= 15 is 0 Å². The molecule has 0 aromatic carbocycles. The van der Waals surface area contributed by atoms with Gasteiger partial charge in [-0.3, -0.25) is 0 Å². The van der Waals surface area contributed by atoms with Crippen LogP contribution in [0.2, 0.25) is 0 Å². The van der Waals surface area contributed by atoms with E-state index in [1.165, 1.54) is 6.42 Å². The molecule has 23 heavy (non-hydrogen) atoms. The molecule has 3 heterocycles. The van der Waals surface area contributed by atoms with Crippen molar-refractivity contribution in [2.75, 3.05) is 18.0 Å². The number of aromatic nitrogens is 3. The number of allylic oxidation sites excluding steroid dienone is 1. The second-order valence-electron chi connectivity index (χ2n) is 6.26. The zero-order valence-corrected chi connectivity index (χ0v) is 14.3. The number of pyridine rings is 1. The van der Waals surface area contributed by atoms with Crippen molar-refractivity contribution < 1.29 is 4.74 Å². The number of aryl methyl sites for hydroxylation is 1. The molecule has 1 fully saturated rings. The zero-order chi connectivity index (χ0) is 16.4. The van der Waals surface area contributed by atoms with Crippen molar-refractivity contribution in [1.82, 2.24) is 14.8 Å². The van der Waals surface area contributed by atoms with Crippen LogP contribution in [0.1, 0.15) is 38.4 Å². The van der Waals surface area contributed by atoms with Gasteiger partial charge in [0.15, 0.2) is 0 Å². The van der Waals surface area contributed by atoms with Gasteiger partial charge in [-0.1, -0.05) is 0 Å². The maximum absolute atomic E-state index is 5.76. The minimum absolute atomic E-state index is 0.168. The van der Waals surface area contributed by atoms with Crippen LogP contribution in [0, 0.1) is 6.92 Å². The van der Waals surface area contributed by atoms with Crippen LogP contribution < -0.4 is 4.90 Å². The molecule has 0 spiro atoms. The van der Waals surface area contributed by atoms with Crippen molar-refractivity contribution in [3.05, 3.63) is 41.5 Å². The Labute approximate surface area is 137 Å². The molecule has 1 aliphatic heterocycles. The van der Waals surface area contributed by atoms with Crippen LogP contribution >= 0.6 is 0 Å². The van der Waals surface area contributed by atoms with E-state index in [1.807, 2.05) is 50.0 Å². The first-order chi connectivity index (χ1) is 11.0. The minimum Gasteiger partial charge on any atom is -0.496 e. The van der Waals surface area contributed by atoms with Crippen molar-refractivity contribution in [2.24, 2.45) is 0 Å². The molecule has 3 rings (SSSR count). The fourth-order valence-electron chi connectivity index (χ4n) is 2.68. The lowest BCUT2D eigenvalue weighted by molar-refractivity contribution is 0.152. The Kier molecular flexibility index (Phi) is 4.37. The average Bonchev–Trinajstić information content (AvgIpc) is 2.78. The smallest absolute Gasteiger partial charge is 0.130 e. The van der Waals surface area contributed by atoms with Crippen LogP contribution in [0.4, 0.5) is 5.82 Å². The Bertz CT molecular complexity index is 714. The van der Waals surface area contributed by atoms with Crippen molar-refractivity contribution in [2.45, 2.75) is 40.2 Å². The Balaban J connectivity index is 1.94. The molecular formula is C18H24N4O. The van der Waals surface area contributed by atoms with Gasteiger partial charge in [0.2, 0.25) is 0 Å². The number of hydrogen-bond acceptors (Lipinski definition) is 4. The fraction of sp³-hybridized carbons (Fsp3) is 0.444. The highest BCUT2D eigenvalue weighted by atomic mass is 16.5. The summed E-state index contributed by atoms with van der Waals surface area (Å²) in [5.74, 6) is 1.91. The Morgan fingerprint density at radius 1 is 1.35 bits per heavy atom. The number of anilines is 1. The molecular weight excluding hydrogens is 288 g/mol. The van der Waals surface area contributed by atoms with E-state index in [0.717, 1.165) is 41.6 Å². The summed E-state index contributed by atoms with van der Waals surface area (Å²) >= 11 is 0. The lowest BCUT2D eigenvalue weighted by Gasteiger charge is -2.32. The molecule has 1 aliphatic rings. The third-order valence-corrected chi connectivity index (χ3v) is 3.91. The molecule has 0 saturated carbocycles. The van der Waals surface area contributed by atoms with E-state index in [0.29, 0.717) is 0 Å². The third-order valence-electron chi connectivity index (χ3n) is 3.91. The minimum atomic E-state index is 0.168. The molecule has 0 aliphatic carbocycles. The van der Waals surface area contributed by atoms with Crippen molar-refractivity contribution in [3.63, 3.8) is 0 Å². The van der Waals surface area contributed by atoms with E-state index in [4.69, 9.17) is 4.74 Å². The Hall–Kier alpha value is -2.30. The third kappa shape index (κ3) is 3.38. The molecule has 0 unspecified atom stereocenters. The van der Waals surface area contributed by atoms with Gasteiger partial charge in [0, 0.05) is 31.4 Å². The molecule has 0 atom stereocenters. The van der Waals surface area contributed by atoms with Crippen LogP contribution in [0.15, 0.2) is 30.3 Å². The monoisotopic (exact) mass is 312 g/mol. The predicted molar refractivity (Wildman–Crippen MR) is 92.8 cm³/mol. The molecule has 2 aromatic heterocycles. The van der Waals surface area contributed by atoms with Gasteiger partial charge in [0.1, 0.15) is 5.82 Å². The second-order valence-corrected chi connectivity index (χ2v) is 6.26. The molecule has 0 bridgehead atoms. The van der Waals surface area contributed by atoms with E-state index in [2.05, 4.69) is 28.0 Å². The SMILES string of the molecule is C/C(=C\c1c(C)cnn1-c1ccnc(N2CCC2)c1)OC(C)C. The molecule has 0 radical (unpaired) electrons. The summed E-state index contributed by atoms with van der Waals surface area (Å²) in [5, 5.41) is 4.53. The maximum Gasteiger partial charge on any atom is 0.130 e. The highest BCUT2D eigenvalue weighted by Crippen LogP contribution is 2.23. The number of ether oxygens (including phenoxy) is 1. The molecule has 5 nitrogen and oxygen atoms in total. The van der Waals surface area contributed by atoms with Crippen molar-refractivity contribution in [3.8, 4) is 5.69 Å². The fourth-order valence-corrected chi connectivity index (χ4v) is 2.68. The number of hydrogen-bond donors (Lipinski definition) is 0. The van der Waals surface area contributed by atoms with Gasteiger partial charge in [-0.05, 0) is 45.7 Å². The van der Waals surface area contributed by atoms with Crippen LogP contribution in [-0.2, 0) is 4.74 Å². The first-order valence-corrected chi connectivity index (χ1v) is 8.15. The van der Waals surface area contributed by atoms with Crippen LogP contribution in [0.25, 0.3) is 11.8 Å². The first-order valence-electron chi connectivity index (χ1n) is 8.15.